The summed E-state index contributed by atoms with van der Waals surface area (Å²) in [5.41, 5.74) is 10.1. The number of likely N-dealkylation sites (tertiary alicyclic amines) is 1. The van der Waals surface area contributed by atoms with Crippen LogP contribution in [0, 0.1) is 5.41 Å². The Morgan fingerprint density at radius 1 is 1.15 bits per heavy atom. The third-order valence-electron chi connectivity index (χ3n) is 5.26. The molecule has 2 aromatic rings. The van der Waals surface area contributed by atoms with Crippen molar-refractivity contribution in [3.05, 3.63) is 53.3 Å². The van der Waals surface area contributed by atoms with E-state index in [1.54, 1.807) is 0 Å². The van der Waals surface area contributed by atoms with E-state index in [0.717, 1.165) is 32.7 Å². The lowest BCUT2D eigenvalue weighted by Crippen LogP contribution is -2.31. The van der Waals surface area contributed by atoms with Gasteiger partial charge in [0, 0.05) is 30.3 Å². The van der Waals surface area contributed by atoms with Crippen molar-refractivity contribution < 1.29 is 0 Å². The summed E-state index contributed by atoms with van der Waals surface area (Å²) in [4.78, 5) is 2.53. The van der Waals surface area contributed by atoms with Gasteiger partial charge in [0.05, 0.1) is 12.2 Å². The lowest BCUT2D eigenvalue weighted by Gasteiger charge is -2.24. The number of hydrogen-bond acceptors (Lipinski definition) is 3. The van der Waals surface area contributed by atoms with Crippen molar-refractivity contribution in [3.63, 3.8) is 0 Å². The van der Waals surface area contributed by atoms with Crippen LogP contribution in [0.5, 0.6) is 0 Å². The maximum atomic E-state index is 5.97. The molecule has 2 heterocycles. The van der Waals surface area contributed by atoms with Gasteiger partial charge in [-0.25, -0.2) is 0 Å². The maximum absolute atomic E-state index is 5.97. The number of nitrogens with zero attached hydrogens (tertiary/aromatic N) is 3. The number of rotatable bonds is 5. The van der Waals surface area contributed by atoms with Gasteiger partial charge in [0.2, 0.25) is 0 Å². The van der Waals surface area contributed by atoms with Crippen LogP contribution in [0.1, 0.15) is 50.9 Å². The summed E-state index contributed by atoms with van der Waals surface area (Å²) in [5, 5.41) is 4.94. The van der Waals surface area contributed by atoms with Gasteiger partial charge in [0.15, 0.2) is 0 Å². The summed E-state index contributed by atoms with van der Waals surface area (Å²) in [5.74, 6) is 0. The Bertz CT molecular complexity index is 705. The zero-order valence-corrected chi connectivity index (χ0v) is 17.4. The Kier molecular flexibility index (Phi) is 6.54. The second-order valence-electron chi connectivity index (χ2n) is 8.91. The fraction of sp³-hybridized carbons (Fsp3) is 0.571. The average molecular weight is 377 g/mol. The first-order valence-corrected chi connectivity index (χ1v) is 9.32. The van der Waals surface area contributed by atoms with E-state index in [1.807, 2.05) is 0 Å². The first kappa shape index (κ1) is 20.9. The zero-order chi connectivity index (χ0) is 18.1. The lowest BCUT2D eigenvalue weighted by molar-refractivity contribution is 0.273. The van der Waals surface area contributed by atoms with Crippen LogP contribution in [0.2, 0.25) is 0 Å². The molecule has 0 bridgehead atoms. The molecule has 0 aliphatic carbocycles. The van der Waals surface area contributed by atoms with Crippen molar-refractivity contribution in [2.24, 2.45) is 11.1 Å². The first-order valence-electron chi connectivity index (χ1n) is 9.32. The van der Waals surface area contributed by atoms with Crippen molar-refractivity contribution in [1.82, 2.24) is 14.7 Å². The van der Waals surface area contributed by atoms with Gasteiger partial charge in [-0.15, -0.1) is 12.4 Å². The van der Waals surface area contributed by atoms with Crippen LogP contribution in [-0.2, 0) is 18.5 Å². The predicted octanol–water partition coefficient (Wildman–Crippen LogP) is 3.82. The van der Waals surface area contributed by atoms with Crippen LogP contribution in [0.3, 0.4) is 0 Å². The second kappa shape index (κ2) is 8.12. The Labute approximate surface area is 164 Å². The van der Waals surface area contributed by atoms with Gasteiger partial charge in [0.25, 0.3) is 0 Å². The molecule has 1 unspecified atom stereocenters. The first-order chi connectivity index (χ1) is 11.8. The van der Waals surface area contributed by atoms with E-state index in [0.29, 0.717) is 0 Å². The van der Waals surface area contributed by atoms with E-state index >= 15 is 0 Å². The number of hydrogen-bond donors (Lipinski definition) is 1. The van der Waals surface area contributed by atoms with Crippen LogP contribution >= 0.6 is 12.4 Å². The SMILES string of the molecule is CC1(CN)CCN(Cc2cn(Cc3ccccc3)nc2C(C)(C)C)C1.Cl. The van der Waals surface area contributed by atoms with Crippen LogP contribution in [0.25, 0.3) is 0 Å². The smallest absolute Gasteiger partial charge is 0.0723 e. The molecular formula is C21H33ClN4. The lowest BCUT2D eigenvalue weighted by atomic mass is 9.89. The molecule has 1 aliphatic heterocycles. The number of halogens is 1. The third kappa shape index (κ3) is 4.87. The van der Waals surface area contributed by atoms with Crippen molar-refractivity contribution in [3.8, 4) is 0 Å². The molecule has 1 aromatic heterocycles. The van der Waals surface area contributed by atoms with Crippen molar-refractivity contribution in [2.75, 3.05) is 19.6 Å². The molecule has 1 aromatic carbocycles. The monoisotopic (exact) mass is 376 g/mol. The highest BCUT2D eigenvalue weighted by Crippen LogP contribution is 2.31. The number of aromatic nitrogens is 2. The molecule has 0 amide bonds. The summed E-state index contributed by atoms with van der Waals surface area (Å²) >= 11 is 0. The molecule has 4 nitrogen and oxygen atoms in total. The molecule has 26 heavy (non-hydrogen) atoms. The normalized spacial score (nSPS) is 21.0. The fourth-order valence-electron chi connectivity index (χ4n) is 3.73. The van der Waals surface area contributed by atoms with Gasteiger partial charge in [-0.1, -0.05) is 58.0 Å². The molecule has 0 radical (unpaired) electrons. The number of nitrogens with two attached hydrogens (primary N) is 1. The minimum Gasteiger partial charge on any atom is -0.330 e. The van der Waals surface area contributed by atoms with Crippen molar-refractivity contribution in [2.45, 2.75) is 52.6 Å². The van der Waals surface area contributed by atoms with Gasteiger partial charge < -0.3 is 5.73 Å². The van der Waals surface area contributed by atoms with Crippen LogP contribution in [-0.4, -0.2) is 34.3 Å². The minimum absolute atomic E-state index is 0. The van der Waals surface area contributed by atoms with Gasteiger partial charge in [-0.2, -0.15) is 5.10 Å². The molecule has 0 spiro atoms. The Morgan fingerprint density at radius 3 is 2.42 bits per heavy atom. The van der Waals surface area contributed by atoms with E-state index in [9.17, 15) is 0 Å². The summed E-state index contributed by atoms with van der Waals surface area (Å²) < 4.78 is 2.10. The molecule has 5 heteroatoms. The van der Waals surface area contributed by atoms with E-state index in [1.165, 1.54) is 23.2 Å². The van der Waals surface area contributed by atoms with Gasteiger partial charge in [-0.05, 0) is 30.5 Å². The van der Waals surface area contributed by atoms with E-state index < -0.39 is 0 Å². The summed E-state index contributed by atoms with van der Waals surface area (Å²) in [7, 11) is 0. The Hall–Kier alpha value is -1.36. The van der Waals surface area contributed by atoms with Crippen LogP contribution in [0.4, 0.5) is 0 Å². The number of benzene rings is 1. The molecule has 0 saturated carbocycles. The highest BCUT2D eigenvalue weighted by atomic mass is 35.5. The van der Waals surface area contributed by atoms with Gasteiger partial charge >= 0.3 is 0 Å². The Balaban J connectivity index is 0.00000243. The topological polar surface area (TPSA) is 47.1 Å². The Morgan fingerprint density at radius 2 is 1.85 bits per heavy atom. The summed E-state index contributed by atoms with van der Waals surface area (Å²) in [6.45, 7) is 13.8. The molecule has 1 fully saturated rings. The molecule has 144 valence electrons. The summed E-state index contributed by atoms with van der Waals surface area (Å²) in [6.07, 6.45) is 3.43. The maximum Gasteiger partial charge on any atom is 0.0723 e. The molecule has 1 atom stereocenters. The largest absolute Gasteiger partial charge is 0.330 e. The second-order valence-corrected chi connectivity index (χ2v) is 8.91. The van der Waals surface area contributed by atoms with E-state index in [2.05, 4.69) is 73.8 Å². The highest BCUT2D eigenvalue weighted by Gasteiger charge is 2.33. The fourth-order valence-corrected chi connectivity index (χ4v) is 3.73. The zero-order valence-electron chi connectivity index (χ0n) is 16.5. The molecule has 1 saturated heterocycles. The van der Waals surface area contributed by atoms with Crippen molar-refractivity contribution >= 4 is 12.4 Å². The third-order valence-corrected chi connectivity index (χ3v) is 5.26. The molecule has 2 N–H and O–H groups in total. The van der Waals surface area contributed by atoms with E-state index in [4.69, 9.17) is 10.8 Å². The average Bonchev–Trinajstić information content (AvgIpc) is 3.13. The molecular weight excluding hydrogens is 344 g/mol. The molecule has 3 rings (SSSR count). The molecule has 1 aliphatic rings. The van der Waals surface area contributed by atoms with Crippen LogP contribution < -0.4 is 5.73 Å². The quantitative estimate of drug-likeness (QED) is 0.862. The predicted molar refractivity (Wildman–Crippen MR) is 111 cm³/mol. The minimum atomic E-state index is 0. The van der Waals surface area contributed by atoms with Gasteiger partial charge in [-0.3, -0.25) is 9.58 Å². The van der Waals surface area contributed by atoms with Crippen molar-refractivity contribution in [1.29, 1.82) is 0 Å². The standard InChI is InChI=1S/C21H32N4.ClH/c1-20(2,3)19-18(13-24-11-10-21(4,15-22)16-24)14-25(23-19)12-17-8-6-5-7-9-17;/h5-9,14H,10-13,15-16,22H2,1-4H3;1H. The van der Waals surface area contributed by atoms with Gasteiger partial charge in [0.1, 0.15) is 0 Å². The van der Waals surface area contributed by atoms with Crippen LogP contribution in [0.15, 0.2) is 36.5 Å². The highest BCUT2D eigenvalue weighted by molar-refractivity contribution is 5.85. The van der Waals surface area contributed by atoms with E-state index in [-0.39, 0.29) is 23.2 Å². The summed E-state index contributed by atoms with van der Waals surface area (Å²) in [6, 6.07) is 10.5.